The van der Waals surface area contributed by atoms with Crippen molar-refractivity contribution in [2.75, 3.05) is 0 Å². The lowest BCUT2D eigenvalue weighted by Gasteiger charge is -2.04. The highest BCUT2D eigenvalue weighted by atomic mass is 35.5. The van der Waals surface area contributed by atoms with E-state index < -0.39 is 6.10 Å². The van der Waals surface area contributed by atoms with E-state index in [0.717, 1.165) is 10.4 Å². The van der Waals surface area contributed by atoms with E-state index in [-0.39, 0.29) is 0 Å². The van der Waals surface area contributed by atoms with Gasteiger partial charge in [0.1, 0.15) is 6.10 Å². The summed E-state index contributed by atoms with van der Waals surface area (Å²) in [4.78, 5) is 3.76. The van der Waals surface area contributed by atoms with Gasteiger partial charge < -0.3 is 10.1 Å². The van der Waals surface area contributed by atoms with E-state index in [1.54, 1.807) is 18.5 Å². The SMILES string of the molecule is OC(c1cc[nH]c1)c1ccc(Cl)s1. The second-order valence-corrected chi connectivity index (χ2v) is 4.44. The van der Waals surface area contributed by atoms with Gasteiger partial charge in [-0.1, -0.05) is 11.6 Å². The van der Waals surface area contributed by atoms with Crippen molar-refractivity contribution in [2.24, 2.45) is 0 Å². The molecule has 2 aromatic rings. The number of nitrogens with one attached hydrogen (secondary N) is 1. The fraction of sp³-hybridized carbons (Fsp3) is 0.111. The van der Waals surface area contributed by atoms with Crippen LogP contribution < -0.4 is 0 Å². The highest BCUT2D eigenvalue weighted by Crippen LogP contribution is 2.30. The number of halogens is 1. The molecule has 0 radical (unpaired) electrons. The van der Waals surface area contributed by atoms with Gasteiger partial charge in [0.25, 0.3) is 0 Å². The molecular weight excluding hydrogens is 206 g/mol. The van der Waals surface area contributed by atoms with Crippen LogP contribution in [0.3, 0.4) is 0 Å². The monoisotopic (exact) mass is 213 g/mol. The first kappa shape index (κ1) is 8.81. The van der Waals surface area contributed by atoms with Crippen molar-refractivity contribution in [3.05, 3.63) is 45.4 Å². The normalized spacial score (nSPS) is 13.1. The summed E-state index contributed by atoms with van der Waals surface area (Å²) < 4.78 is 0.699. The summed E-state index contributed by atoms with van der Waals surface area (Å²) in [7, 11) is 0. The van der Waals surface area contributed by atoms with Gasteiger partial charge in [0, 0.05) is 22.8 Å². The zero-order chi connectivity index (χ0) is 9.26. The van der Waals surface area contributed by atoms with E-state index in [2.05, 4.69) is 4.98 Å². The molecule has 0 aliphatic carbocycles. The largest absolute Gasteiger partial charge is 0.383 e. The summed E-state index contributed by atoms with van der Waals surface area (Å²) in [5.74, 6) is 0. The lowest BCUT2D eigenvalue weighted by atomic mass is 10.2. The topological polar surface area (TPSA) is 36.0 Å². The lowest BCUT2D eigenvalue weighted by molar-refractivity contribution is 0.224. The zero-order valence-corrected chi connectivity index (χ0v) is 8.27. The molecule has 0 aliphatic rings. The predicted molar refractivity (Wildman–Crippen MR) is 54.2 cm³/mol. The van der Waals surface area contributed by atoms with E-state index in [1.165, 1.54) is 11.3 Å². The van der Waals surface area contributed by atoms with E-state index >= 15 is 0 Å². The predicted octanol–water partition coefficient (Wildman–Crippen LogP) is 2.81. The van der Waals surface area contributed by atoms with Gasteiger partial charge in [-0.05, 0) is 18.2 Å². The van der Waals surface area contributed by atoms with Crippen molar-refractivity contribution in [1.29, 1.82) is 0 Å². The minimum Gasteiger partial charge on any atom is -0.383 e. The van der Waals surface area contributed by atoms with Crippen LogP contribution in [-0.4, -0.2) is 10.1 Å². The van der Waals surface area contributed by atoms with Crippen LogP contribution in [0, 0.1) is 0 Å². The second-order valence-electron chi connectivity index (χ2n) is 2.69. The molecule has 0 aliphatic heterocycles. The molecule has 13 heavy (non-hydrogen) atoms. The molecule has 0 amide bonds. The standard InChI is InChI=1S/C9H8ClNOS/c10-8-2-1-7(13-8)9(12)6-3-4-11-5-6/h1-5,9,11-12H. The smallest absolute Gasteiger partial charge is 0.115 e. The summed E-state index contributed by atoms with van der Waals surface area (Å²) in [6.45, 7) is 0. The summed E-state index contributed by atoms with van der Waals surface area (Å²) >= 11 is 7.16. The molecular formula is C9H8ClNOS. The van der Waals surface area contributed by atoms with E-state index in [4.69, 9.17) is 11.6 Å². The number of thiophene rings is 1. The van der Waals surface area contributed by atoms with Gasteiger partial charge in [-0.3, -0.25) is 0 Å². The minimum atomic E-state index is -0.566. The van der Waals surface area contributed by atoms with Gasteiger partial charge in [0.2, 0.25) is 0 Å². The lowest BCUT2D eigenvalue weighted by Crippen LogP contribution is -1.93. The molecule has 4 heteroatoms. The zero-order valence-electron chi connectivity index (χ0n) is 6.70. The van der Waals surface area contributed by atoms with E-state index in [9.17, 15) is 5.11 Å². The van der Waals surface area contributed by atoms with Crippen molar-refractivity contribution in [3.8, 4) is 0 Å². The molecule has 2 nitrogen and oxygen atoms in total. The summed E-state index contributed by atoms with van der Waals surface area (Å²) in [6.07, 6.45) is 3.00. The molecule has 0 bridgehead atoms. The Morgan fingerprint density at radius 3 is 2.77 bits per heavy atom. The fourth-order valence-corrected chi connectivity index (χ4v) is 2.22. The molecule has 0 aromatic carbocycles. The molecule has 2 aromatic heterocycles. The Bertz CT molecular complexity index is 382. The molecule has 2 rings (SSSR count). The van der Waals surface area contributed by atoms with Crippen molar-refractivity contribution >= 4 is 22.9 Å². The average Bonchev–Trinajstić information content (AvgIpc) is 2.72. The third-order valence-corrected chi connectivity index (χ3v) is 3.08. The van der Waals surface area contributed by atoms with Crippen molar-refractivity contribution in [3.63, 3.8) is 0 Å². The Labute approximate surface area is 84.8 Å². The first-order valence-corrected chi connectivity index (χ1v) is 5.03. The Hall–Kier alpha value is -0.770. The molecule has 68 valence electrons. The molecule has 0 spiro atoms. The van der Waals surface area contributed by atoms with Crippen molar-refractivity contribution < 1.29 is 5.11 Å². The van der Waals surface area contributed by atoms with Gasteiger partial charge in [0.15, 0.2) is 0 Å². The fourth-order valence-electron chi connectivity index (χ4n) is 1.15. The molecule has 0 saturated carbocycles. The van der Waals surface area contributed by atoms with Crippen LogP contribution in [-0.2, 0) is 0 Å². The Kier molecular flexibility index (Phi) is 2.40. The third-order valence-electron chi connectivity index (χ3n) is 1.80. The van der Waals surface area contributed by atoms with Gasteiger partial charge in [-0.2, -0.15) is 0 Å². The van der Waals surface area contributed by atoms with Crippen LogP contribution in [0.2, 0.25) is 4.34 Å². The van der Waals surface area contributed by atoms with Crippen molar-refractivity contribution in [1.82, 2.24) is 4.98 Å². The molecule has 0 saturated heterocycles. The maximum absolute atomic E-state index is 9.83. The number of aromatic nitrogens is 1. The number of hydrogen-bond acceptors (Lipinski definition) is 2. The van der Waals surface area contributed by atoms with Crippen LogP contribution in [0.15, 0.2) is 30.6 Å². The number of aliphatic hydroxyl groups excluding tert-OH is 1. The van der Waals surface area contributed by atoms with Crippen LogP contribution in [0.4, 0.5) is 0 Å². The molecule has 2 heterocycles. The molecule has 1 unspecified atom stereocenters. The number of aromatic amines is 1. The Morgan fingerprint density at radius 2 is 2.23 bits per heavy atom. The van der Waals surface area contributed by atoms with E-state index in [0.29, 0.717) is 4.34 Å². The van der Waals surface area contributed by atoms with Crippen LogP contribution in [0.1, 0.15) is 16.5 Å². The van der Waals surface area contributed by atoms with Gasteiger partial charge in [-0.25, -0.2) is 0 Å². The second kappa shape index (κ2) is 3.54. The van der Waals surface area contributed by atoms with Crippen LogP contribution in [0.25, 0.3) is 0 Å². The highest BCUT2D eigenvalue weighted by Gasteiger charge is 2.12. The van der Waals surface area contributed by atoms with Gasteiger partial charge in [-0.15, -0.1) is 11.3 Å². The minimum absolute atomic E-state index is 0.566. The number of H-pyrrole nitrogens is 1. The number of rotatable bonds is 2. The Balaban J connectivity index is 2.28. The summed E-state index contributed by atoms with van der Waals surface area (Å²) in [5.41, 5.74) is 0.860. The van der Waals surface area contributed by atoms with Gasteiger partial charge >= 0.3 is 0 Å². The number of aliphatic hydroxyl groups is 1. The highest BCUT2D eigenvalue weighted by molar-refractivity contribution is 7.16. The van der Waals surface area contributed by atoms with Crippen molar-refractivity contribution in [2.45, 2.75) is 6.10 Å². The third kappa shape index (κ3) is 1.77. The van der Waals surface area contributed by atoms with Crippen LogP contribution >= 0.6 is 22.9 Å². The average molecular weight is 214 g/mol. The maximum atomic E-state index is 9.83. The number of hydrogen-bond donors (Lipinski definition) is 2. The Morgan fingerprint density at radius 1 is 1.38 bits per heavy atom. The van der Waals surface area contributed by atoms with E-state index in [1.807, 2.05) is 12.1 Å². The molecule has 0 fully saturated rings. The first-order chi connectivity index (χ1) is 6.27. The van der Waals surface area contributed by atoms with Crippen LogP contribution in [0.5, 0.6) is 0 Å². The quantitative estimate of drug-likeness (QED) is 0.791. The first-order valence-electron chi connectivity index (χ1n) is 3.83. The maximum Gasteiger partial charge on any atom is 0.115 e. The summed E-state index contributed by atoms with van der Waals surface area (Å²) in [5, 5.41) is 9.83. The van der Waals surface area contributed by atoms with Gasteiger partial charge in [0.05, 0.1) is 4.34 Å². The molecule has 2 N–H and O–H groups in total. The summed E-state index contributed by atoms with van der Waals surface area (Å²) in [6, 6.07) is 5.47. The molecule has 1 atom stereocenters.